The number of nitrogens with one attached hydrogen (secondary N) is 3. The van der Waals surface area contributed by atoms with Gasteiger partial charge in [-0.2, -0.15) is 0 Å². The minimum atomic E-state index is -1.45. The molecule has 4 aromatic rings. The predicted octanol–water partition coefficient (Wildman–Crippen LogP) is 4.95. The first-order valence-corrected chi connectivity index (χ1v) is 15.5. The zero-order valence-electron chi connectivity index (χ0n) is 26.2. The first-order chi connectivity index (χ1) is 21.3. The van der Waals surface area contributed by atoms with Gasteiger partial charge in [0.2, 0.25) is 18.2 Å². The molecule has 0 saturated carbocycles. The van der Waals surface area contributed by atoms with E-state index in [1.54, 1.807) is 51.2 Å². The van der Waals surface area contributed by atoms with Gasteiger partial charge in [-0.1, -0.05) is 48.5 Å². The van der Waals surface area contributed by atoms with Gasteiger partial charge in [-0.05, 0) is 69.5 Å². The van der Waals surface area contributed by atoms with Gasteiger partial charge in [-0.3, -0.25) is 24.0 Å². The Kier molecular flexibility index (Phi) is 10.4. The molecule has 238 valence electrons. The van der Waals surface area contributed by atoms with Gasteiger partial charge >= 0.3 is 5.97 Å². The molecule has 1 unspecified atom stereocenters. The van der Waals surface area contributed by atoms with Crippen molar-refractivity contribution in [1.82, 2.24) is 20.3 Å². The summed E-state index contributed by atoms with van der Waals surface area (Å²) in [4.78, 5) is 65.5. The number of hydrogen-bond donors (Lipinski definition) is 3. The molecule has 2 aromatic carbocycles. The molecule has 0 aliphatic heterocycles. The Morgan fingerprint density at radius 3 is 2.40 bits per heavy atom. The van der Waals surface area contributed by atoms with Crippen molar-refractivity contribution in [3.63, 3.8) is 0 Å². The summed E-state index contributed by atoms with van der Waals surface area (Å²) < 4.78 is 6.35. The Labute approximate surface area is 266 Å². The number of anilines is 1. The van der Waals surface area contributed by atoms with E-state index in [1.807, 2.05) is 47.8 Å². The van der Waals surface area contributed by atoms with Crippen LogP contribution in [0.5, 0.6) is 0 Å². The van der Waals surface area contributed by atoms with E-state index in [4.69, 9.17) is 9.57 Å². The van der Waals surface area contributed by atoms with Crippen LogP contribution in [-0.4, -0.2) is 63.0 Å². The molecule has 2 aromatic heterocycles. The third-order valence-electron chi connectivity index (χ3n) is 6.96. The fraction of sp³-hybridized carbons (Fsp3) is 0.364. The highest BCUT2D eigenvalue weighted by atomic mass is 32.1. The number of aromatic nitrogens is 2. The number of ether oxygens (including phenoxy) is 1. The zero-order chi connectivity index (χ0) is 32.8. The summed E-state index contributed by atoms with van der Waals surface area (Å²) in [5.74, 6) is -1.98. The van der Waals surface area contributed by atoms with Crippen molar-refractivity contribution in [2.75, 3.05) is 11.9 Å². The lowest BCUT2D eigenvalue weighted by atomic mass is 9.98. The van der Waals surface area contributed by atoms with Gasteiger partial charge in [0, 0.05) is 17.3 Å². The Bertz CT molecular complexity index is 1640. The van der Waals surface area contributed by atoms with Gasteiger partial charge in [-0.25, -0.2) is 10.0 Å². The lowest BCUT2D eigenvalue weighted by Gasteiger charge is -2.37. The van der Waals surface area contributed by atoms with Gasteiger partial charge in [0.1, 0.15) is 23.3 Å². The molecule has 45 heavy (non-hydrogen) atoms. The average Bonchev–Trinajstić information content (AvgIpc) is 3.62. The summed E-state index contributed by atoms with van der Waals surface area (Å²) in [5.41, 5.74) is -0.644. The van der Waals surface area contributed by atoms with Crippen molar-refractivity contribution < 1.29 is 28.8 Å². The molecule has 0 spiro atoms. The van der Waals surface area contributed by atoms with Crippen LogP contribution in [0.1, 0.15) is 64.4 Å². The third kappa shape index (κ3) is 8.14. The number of amides is 3. The first kappa shape index (κ1) is 33.3. The number of H-pyrrole nitrogens is 1. The maximum atomic E-state index is 13.8. The van der Waals surface area contributed by atoms with Gasteiger partial charge in [-0.15, -0.1) is 11.3 Å². The Morgan fingerprint density at radius 2 is 1.73 bits per heavy atom. The lowest BCUT2D eigenvalue weighted by Crippen LogP contribution is -2.59. The van der Waals surface area contributed by atoms with Crippen LogP contribution in [0.25, 0.3) is 10.1 Å². The smallest absolute Gasteiger partial charge is 0.321 e. The molecular weight excluding hydrogens is 594 g/mol. The number of thiophene rings is 1. The fourth-order valence-electron chi connectivity index (χ4n) is 4.66. The van der Waals surface area contributed by atoms with E-state index in [9.17, 15) is 19.2 Å². The summed E-state index contributed by atoms with van der Waals surface area (Å²) in [5, 5.41) is 9.50. The minimum Gasteiger partial charge on any atom is -0.465 e. The summed E-state index contributed by atoms with van der Waals surface area (Å²) in [6.45, 7) is 10.3. The van der Waals surface area contributed by atoms with Crippen molar-refractivity contribution in [2.45, 2.75) is 71.1 Å². The fourth-order valence-corrected chi connectivity index (χ4v) is 5.63. The van der Waals surface area contributed by atoms with Crippen molar-refractivity contribution >= 4 is 51.4 Å². The number of hydrogen-bond acceptors (Lipinski definition) is 8. The van der Waals surface area contributed by atoms with Gasteiger partial charge < -0.3 is 20.4 Å². The van der Waals surface area contributed by atoms with E-state index < -0.39 is 40.9 Å². The molecule has 4 rings (SSSR count). The molecule has 0 saturated heterocycles. The molecule has 0 aliphatic rings. The molecule has 3 amide bonds. The highest BCUT2D eigenvalue weighted by Crippen LogP contribution is 2.28. The van der Waals surface area contributed by atoms with Crippen molar-refractivity contribution in [3.05, 3.63) is 83.1 Å². The molecule has 0 radical (unpaired) electrons. The summed E-state index contributed by atoms with van der Waals surface area (Å²) >= 11 is 1.54. The highest BCUT2D eigenvalue weighted by molar-refractivity contribution is 7.17. The van der Waals surface area contributed by atoms with E-state index in [1.165, 1.54) is 20.0 Å². The van der Waals surface area contributed by atoms with Crippen LogP contribution in [0.3, 0.4) is 0 Å². The molecule has 3 N–H and O–H groups in total. The van der Waals surface area contributed by atoms with E-state index in [0.717, 1.165) is 20.7 Å². The van der Waals surface area contributed by atoms with Crippen LogP contribution < -0.4 is 10.6 Å². The Morgan fingerprint density at radius 1 is 1.04 bits per heavy atom. The van der Waals surface area contributed by atoms with Gasteiger partial charge in [0.25, 0.3) is 0 Å². The molecular formula is C33H39N5O6S. The van der Waals surface area contributed by atoms with E-state index in [-0.39, 0.29) is 18.8 Å². The standard InChI is InChI=1S/C33H39N5O6S/c1-7-43-30(41)27(21-13-9-8-10-14-21)28-34-18-26(36-28)37-29(40)24(17-22-19-45-25-16-12-11-15-23(22)25)35-31(42)33(5,6)38(20-39)44-32(2,3)4/h8-16,18-20,24,27H,7,17H2,1-6H3,(H,34,36)(H,35,42)(H,37,40)/t24-,27?/m1/s1. The number of rotatable bonds is 13. The maximum absolute atomic E-state index is 13.8. The minimum absolute atomic E-state index is 0.166. The Balaban J connectivity index is 1.61. The van der Waals surface area contributed by atoms with Crippen LogP contribution in [-0.2, 0) is 35.2 Å². The molecule has 0 fully saturated rings. The van der Waals surface area contributed by atoms with Crippen LogP contribution >= 0.6 is 11.3 Å². The van der Waals surface area contributed by atoms with Crippen molar-refractivity contribution in [2.24, 2.45) is 0 Å². The normalized spacial score (nSPS) is 13.1. The largest absolute Gasteiger partial charge is 0.465 e. The SMILES string of the molecule is CCOC(=O)C(c1ccccc1)c1nc(NC(=O)[C@@H](Cc2csc3ccccc23)NC(=O)C(C)(C)N(C=O)OC(C)(C)C)c[nH]1. The predicted molar refractivity (Wildman–Crippen MR) is 172 cm³/mol. The number of hydroxylamine groups is 2. The number of benzene rings is 2. The van der Waals surface area contributed by atoms with E-state index >= 15 is 0 Å². The number of aromatic amines is 1. The average molecular weight is 634 g/mol. The van der Waals surface area contributed by atoms with Crippen LogP contribution in [0.15, 0.2) is 66.2 Å². The second-order valence-electron chi connectivity index (χ2n) is 11.9. The molecule has 2 atom stereocenters. The second kappa shape index (κ2) is 14.0. The van der Waals surface area contributed by atoms with Crippen molar-refractivity contribution in [1.29, 1.82) is 0 Å². The Hall–Kier alpha value is -4.55. The summed E-state index contributed by atoms with van der Waals surface area (Å²) in [6.07, 6.45) is 2.10. The van der Waals surface area contributed by atoms with Crippen LogP contribution in [0.2, 0.25) is 0 Å². The van der Waals surface area contributed by atoms with Gasteiger partial charge in [0.15, 0.2) is 5.82 Å². The lowest BCUT2D eigenvalue weighted by molar-refractivity contribution is -0.247. The molecule has 0 aliphatic carbocycles. The number of carbonyl (C=O) groups is 4. The van der Waals surface area contributed by atoms with E-state index in [0.29, 0.717) is 17.8 Å². The van der Waals surface area contributed by atoms with Crippen LogP contribution in [0, 0.1) is 0 Å². The molecule has 0 bridgehead atoms. The molecule has 11 nitrogen and oxygen atoms in total. The van der Waals surface area contributed by atoms with E-state index in [2.05, 4.69) is 20.6 Å². The first-order valence-electron chi connectivity index (χ1n) is 14.6. The topological polar surface area (TPSA) is 143 Å². The summed E-state index contributed by atoms with van der Waals surface area (Å²) in [6, 6.07) is 15.8. The monoisotopic (exact) mass is 633 g/mol. The summed E-state index contributed by atoms with van der Waals surface area (Å²) in [7, 11) is 0. The third-order valence-corrected chi connectivity index (χ3v) is 7.97. The molecule has 2 heterocycles. The number of fused-ring (bicyclic) bond motifs is 1. The van der Waals surface area contributed by atoms with Gasteiger partial charge in [0.05, 0.1) is 12.2 Å². The molecule has 12 heteroatoms. The zero-order valence-corrected chi connectivity index (χ0v) is 27.1. The van der Waals surface area contributed by atoms with Crippen LogP contribution in [0.4, 0.5) is 5.82 Å². The number of carbonyl (C=O) groups excluding carboxylic acids is 4. The van der Waals surface area contributed by atoms with Crippen molar-refractivity contribution in [3.8, 4) is 0 Å². The number of imidazole rings is 1. The highest BCUT2D eigenvalue weighted by Gasteiger charge is 2.39. The number of nitrogens with zero attached hydrogens (tertiary/aromatic N) is 2. The second-order valence-corrected chi connectivity index (χ2v) is 12.8. The quantitative estimate of drug-likeness (QED) is 0.107. The maximum Gasteiger partial charge on any atom is 0.321 e. The number of esters is 1.